The summed E-state index contributed by atoms with van der Waals surface area (Å²) in [6, 6.07) is 9.76. The van der Waals surface area contributed by atoms with Crippen LogP contribution in [0, 0.1) is 6.92 Å². The van der Waals surface area contributed by atoms with Crippen LogP contribution in [0.4, 0.5) is 0 Å². The molecular formula is C20H25N3O3. The molecule has 6 heteroatoms. The lowest BCUT2D eigenvalue weighted by atomic mass is 9.79. The third-order valence-electron chi connectivity index (χ3n) is 6.09. The maximum absolute atomic E-state index is 13.2. The van der Waals surface area contributed by atoms with E-state index in [9.17, 15) is 9.90 Å². The summed E-state index contributed by atoms with van der Waals surface area (Å²) >= 11 is 0. The predicted molar refractivity (Wildman–Crippen MR) is 97.8 cm³/mol. The number of hydrogen-bond acceptors (Lipinski definition) is 4. The van der Waals surface area contributed by atoms with Crippen LogP contribution in [-0.2, 0) is 4.74 Å². The summed E-state index contributed by atoms with van der Waals surface area (Å²) in [7, 11) is 1.72. The Balaban J connectivity index is 1.63. The number of likely N-dealkylation sites (tertiary alicyclic amines) is 1. The van der Waals surface area contributed by atoms with Gasteiger partial charge in [-0.25, -0.2) is 0 Å². The number of amides is 1. The average molecular weight is 355 g/mol. The van der Waals surface area contributed by atoms with Gasteiger partial charge in [-0.15, -0.1) is 0 Å². The topological polar surface area (TPSA) is 78.5 Å². The van der Waals surface area contributed by atoms with Crippen molar-refractivity contribution in [2.75, 3.05) is 13.7 Å². The van der Waals surface area contributed by atoms with E-state index in [1.807, 2.05) is 42.2 Å². The molecule has 2 aliphatic rings. The van der Waals surface area contributed by atoms with Gasteiger partial charge in [0.05, 0.1) is 23.4 Å². The molecule has 1 aromatic carbocycles. The van der Waals surface area contributed by atoms with E-state index in [0.29, 0.717) is 18.7 Å². The molecule has 1 aliphatic carbocycles. The number of rotatable bonds is 3. The normalized spacial score (nSPS) is 28.2. The van der Waals surface area contributed by atoms with E-state index in [-0.39, 0.29) is 23.7 Å². The van der Waals surface area contributed by atoms with Crippen LogP contribution < -0.4 is 0 Å². The molecule has 0 unspecified atom stereocenters. The highest BCUT2D eigenvalue weighted by Crippen LogP contribution is 2.43. The largest absolute Gasteiger partial charge is 0.393 e. The molecule has 0 bridgehead atoms. The van der Waals surface area contributed by atoms with Crippen LogP contribution in [-0.4, -0.2) is 57.5 Å². The van der Waals surface area contributed by atoms with Gasteiger partial charge in [-0.3, -0.25) is 9.89 Å². The van der Waals surface area contributed by atoms with Crippen molar-refractivity contribution in [2.45, 2.75) is 50.4 Å². The van der Waals surface area contributed by atoms with Gasteiger partial charge in [-0.1, -0.05) is 30.3 Å². The Hall–Kier alpha value is -2.18. The van der Waals surface area contributed by atoms with Gasteiger partial charge in [-0.05, 0) is 32.6 Å². The maximum Gasteiger partial charge on any atom is 0.272 e. The number of ether oxygens (including phenoxy) is 1. The van der Waals surface area contributed by atoms with E-state index in [2.05, 4.69) is 10.2 Å². The lowest BCUT2D eigenvalue weighted by Crippen LogP contribution is -2.52. The number of aliphatic hydroxyl groups is 1. The summed E-state index contributed by atoms with van der Waals surface area (Å²) in [5.74, 6) is -0.0600. The van der Waals surface area contributed by atoms with Crippen LogP contribution in [0.15, 0.2) is 30.3 Å². The zero-order valence-electron chi connectivity index (χ0n) is 15.2. The van der Waals surface area contributed by atoms with Crippen molar-refractivity contribution >= 4 is 5.91 Å². The number of carbonyl (C=O) groups is 1. The lowest BCUT2D eigenvalue weighted by molar-refractivity contribution is -0.0824. The Bertz CT molecular complexity index is 804. The first-order chi connectivity index (χ1) is 12.6. The Kier molecular flexibility index (Phi) is 4.32. The van der Waals surface area contributed by atoms with E-state index in [0.717, 1.165) is 36.1 Å². The quantitative estimate of drug-likeness (QED) is 0.887. The molecule has 2 N–H and O–H groups in total. The fraction of sp³-hybridized carbons (Fsp3) is 0.500. The van der Waals surface area contributed by atoms with Gasteiger partial charge >= 0.3 is 0 Å². The van der Waals surface area contributed by atoms with Gasteiger partial charge in [0, 0.05) is 24.8 Å². The molecule has 4 rings (SSSR count). The highest BCUT2D eigenvalue weighted by atomic mass is 16.5. The number of H-pyrrole nitrogens is 1. The number of nitrogens with one attached hydrogen (secondary N) is 1. The fourth-order valence-electron chi connectivity index (χ4n) is 4.55. The molecule has 0 radical (unpaired) electrons. The zero-order valence-corrected chi connectivity index (χ0v) is 15.2. The zero-order chi connectivity index (χ0) is 18.3. The van der Waals surface area contributed by atoms with Crippen molar-refractivity contribution in [2.24, 2.45) is 0 Å². The Morgan fingerprint density at radius 1 is 1.35 bits per heavy atom. The van der Waals surface area contributed by atoms with E-state index in [1.165, 1.54) is 0 Å². The van der Waals surface area contributed by atoms with Gasteiger partial charge in [-0.2, -0.15) is 5.10 Å². The minimum Gasteiger partial charge on any atom is -0.393 e. The predicted octanol–water partition coefficient (Wildman–Crippen LogP) is 2.53. The molecule has 3 atom stereocenters. The van der Waals surface area contributed by atoms with Crippen LogP contribution in [0.1, 0.15) is 41.7 Å². The summed E-state index contributed by atoms with van der Waals surface area (Å²) in [6.07, 6.45) is 2.52. The second-order valence-corrected chi connectivity index (χ2v) is 7.40. The van der Waals surface area contributed by atoms with Gasteiger partial charge in [0.2, 0.25) is 0 Å². The molecule has 6 nitrogen and oxygen atoms in total. The average Bonchev–Trinajstić information content (AvgIpc) is 3.23. The molecular weight excluding hydrogens is 330 g/mol. The lowest BCUT2D eigenvalue weighted by Gasteiger charge is -2.42. The summed E-state index contributed by atoms with van der Waals surface area (Å²) in [6.45, 7) is 2.57. The van der Waals surface area contributed by atoms with Crippen molar-refractivity contribution < 1.29 is 14.6 Å². The standard InChI is InChI=1S/C20H25N3O3/c1-13-17(14-6-4-3-5-7-14)21-22-18(13)19(25)23-11-10-20(26-2)9-8-15(24)12-16(20)23/h3-7,15-16,24H,8-12H2,1-2H3,(H,21,22)/t15-,16-,20+/m0/s1. The molecule has 0 spiro atoms. The molecule has 2 heterocycles. The number of nitrogens with zero attached hydrogens (tertiary/aromatic N) is 2. The van der Waals surface area contributed by atoms with E-state index in [4.69, 9.17) is 4.74 Å². The molecule has 2 fully saturated rings. The van der Waals surface area contributed by atoms with Crippen LogP contribution in [0.25, 0.3) is 11.3 Å². The molecule has 26 heavy (non-hydrogen) atoms. The summed E-state index contributed by atoms with van der Waals surface area (Å²) in [5.41, 5.74) is 2.84. The first-order valence-electron chi connectivity index (χ1n) is 9.20. The number of aromatic nitrogens is 2. The number of benzene rings is 1. The number of aromatic amines is 1. The summed E-state index contributed by atoms with van der Waals surface area (Å²) in [5, 5.41) is 17.5. The number of hydrogen-bond donors (Lipinski definition) is 2. The van der Waals surface area contributed by atoms with Gasteiger partial charge in [0.15, 0.2) is 0 Å². The third kappa shape index (κ3) is 2.64. The number of methoxy groups -OCH3 is 1. The summed E-state index contributed by atoms with van der Waals surface area (Å²) < 4.78 is 5.84. The molecule has 1 aromatic heterocycles. The van der Waals surface area contributed by atoms with Gasteiger partial charge in [0.25, 0.3) is 5.91 Å². The third-order valence-corrected chi connectivity index (χ3v) is 6.09. The van der Waals surface area contributed by atoms with E-state index < -0.39 is 0 Å². The van der Waals surface area contributed by atoms with Crippen LogP contribution in [0.3, 0.4) is 0 Å². The summed E-state index contributed by atoms with van der Waals surface area (Å²) in [4.78, 5) is 15.1. The van der Waals surface area contributed by atoms with Crippen molar-refractivity contribution in [3.63, 3.8) is 0 Å². The number of aliphatic hydroxyl groups excluding tert-OH is 1. The first kappa shape index (κ1) is 17.2. The Morgan fingerprint density at radius 2 is 2.12 bits per heavy atom. The molecule has 2 aromatic rings. The van der Waals surface area contributed by atoms with E-state index >= 15 is 0 Å². The minimum atomic E-state index is -0.376. The van der Waals surface area contributed by atoms with Crippen molar-refractivity contribution in [1.82, 2.24) is 15.1 Å². The number of fused-ring (bicyclic) bond motifs is 1. The van der Waals surface area contributed by atoms with Gasteiger partial charge in [0.1, 0.15) is 5.69 Å². The van der Waals surface area contributed by atoms with Crippen molar-refractivity contribution in [1.29, 1.82) is 0 Å². The van der Waals surface area contributed by atoms with Crippen molar-refractivity contribution in [3.8, 4) is 11.3 Å². The van der Waals surface area contributed by atoms with Crippen LogP contribution in [0.5, 0.6) is 0 Å². The highest BCUT2D eigenvalue weighted by molar-refractivity contribution is 5.96. The Morgan fingerprint density at radius 3 is 2.85 bits per heavy atom. The second kappa shape index (κ2) is 6.52. The fourth-order valence-corrected chi connectivity index (χ4v) is 4.55. The molecule has 1 saturated carbocycles. The van der Waals surface area contributed by atoms with E-state index in [1.54, 1.807) is 7.11 Å². The van der Waals surface area contributed by atoms with Crippen LogP contribution in [0.2, 0.25) is 0 Å². The molecule has 1 amide bonds. The second-order valence-electron chi connectivity index (χ2n) is 7.40. The highest BCUT2D eigenvalue weighted by Gasteiger charge is 2.52. The molecule has 1 saturated heterocycles. The molecule has 138 valence electrons. The minimum absolute atomic E-state index is 0.0600. The SMILES string of the molecule is CO[C@@]12CC[C@H](O)C[C@@H]1N(C(=O)c1[nH]nc(-c3ccccc3)c1C)CC2. The first-order valence-corrected chi connectivity index (χ1v) is 9.20. The smallest absolute Gasteiger partial charge is 0.272 e. The van der Waals surface area contributed by atoms with Crippen molar-refractivity contribution in [3.05, 3.63) is 41.6 Å². The monoisotopic (exact) mass is 355 g/mol. The Labute approximate surface area is 153 Å². The molecule has 1 aliphatic heterocycles. The van der Waals surface area contributed by atoms with Gasteiger partial charge < -0.3 is 14.7 Å². The van der Waals surface area contributed by atoms with Crippen LogP contribution >= 0.6 is 0 Å². The maximum atomic E-state index is 13.2. The number of carbonyl (C=O) groups excluding carboxylic acids is 1.